The molecule has 0 amide bonds. The maximum atomic E-state index is 5.83. The number of ether oxygens (including phenoxy) is 1. The third-order valence-corrected chi connectivity index (χ3v) is 3.41. The van der Waals surface area contributed by atoms with E-state index >= 15 is 0 Å². The fourth-order valence-electron chi connectivity index (χ4n) is 2.14. The van der Waals surface area contributed by atoms with E-state index in [4.69, 9.17) is 22.7 Å². The maximum absolute atomic E-state index is 5.83. The first-order chi connectivity index (χ1) is 10.1. The van der Waals surface area contributed by atoms with E-state index in [-0.39, 0.29) is 0 Å². The zero-order chi connectivity index (χ0) is 15.2. The van der Waals surface area contributed by atoms with Crippen LogP contribution in [0.2, 0.25) is 0 Å². The third-order valence-electron chi connectivity index (χ3n) is 3.26. The van der Waals surface area contributed by atoms with Crippen molar-refractivity contribution in [2.75, 3.05) is 0 Å². The minimum atomic E-state index is 0.502. The summed E-state index contributed by atoms with van der Waals surface area (Å²) in [5, 5.41) is 4.51. The first-order valence-corrected chi connectivity index (χ1v) is 7.58. The standard InChI is InChI=1S/C16H21N3OS/c1-3-13-10-14(19(4-2)18-13)11-20-15-7-5-12(6-8-15)9-16(17)21/h5-8,10H,3-4,9,11H2,1-2H3,(H2,17,21). The van der Waals surface area contributed by atoms with Gasteiger partial charge in [-0.05, 0) is 37.1 Å². The SMILES string of the molecule is CCc1cc(COc2ccc(CC(N)=S)cc2)n(CC)n1. The third kappa shape index (κ3) is 4.29. The Morgan fingerprint density at radius 2 is 2.00 bits per heavy atom. The molecule has 5 heteroatoms. The largest absolute Gasteiger partial charge is 0.487 e. The van der Waals surface area contributed by atoms with Crippen molar-refractivity contribution in [3.05, 3.63) is 47.3 Å². The molecule has 2 N–H and O–H groups in total. The average Bonchev–Trinajstić information content (AvgIpc) is 2.88. The summed E-state index contributed by atoms with van der Waals surface area (Å²) in [6.45, 7) is 5.56. The molecule has 2 rings (SSSR count). The van der Waals surface area contributed by atoms with E-state index in [0.29, 0.717) is 18.0 Å². The highest BCUT2D eigenvalue weighted by Crippen LogP contribution is 2.15. The highest BCUT2D eigenvalue weighted by atomic mass is 32.1. The van der Waals surface area contributed by atoms with E-state index in [0.717, 1.165) is 35.7 Å². The predicted octanol–water partition coefficient (Wildman–Crippen LogP) is 2.87. The zero-order valence-corrected chi connectivity index (χ0v) is 13.3. The number of nitrogens with zero attached hydrogens (tertiary/aromatic N) is 2. The van der Waals surface area contributed by atoms with Crippen LogP contribution in [-0.2, 0) is 26.0 Å². The number of nitrogens with two attached hydrogens (primary N) is 1. The molecule has 4 nitrogen and oxygen atoms in total. The van der Waals surface area contributed by atoms with Gasteiger partial charge in [0.1, 0.15) is 12.4 Å². The van der Waals surface area contributed by atoms with Gasteiger partial charge in [-0.2, -0.15) is 5.10 Å². The molecule has 0 fully saturated rings. The molecule has 0 aliphatic carbocycles. The van der Waals surface area contributed by atoms with Gasteiger partial charge in [-0.1, -0.05) is 31.3 Å². The van der Waals surface area contributed by atoms with Gasteiger partial charge in [-0.15, -0.1) is 0 Å². The van der Waals surface area contributed by atoms with Gasteiger partial charge in [-0.25, -0.2) is 0 Å². The van der Waals surface area contributed by atoms with Gasteiger partial charge in [0.2, 0.25) is 0 Å². The van der Waals surface area contributed by atoms with Crippen LogP contribution in [0.1, 0.15) is 30.8 Å². The van der Waals surface area contributed by atoms with Crippen LogP contribution < -0.4 is 10.5 Å². The molecular weight excluding hydrogens is 282 g/mol. The zero-order valence-electron chi connectivity index (χ0n) is 12.5. The molecular formula is C16H21N3OS. The summed E-state index contributed by atoms with van der Waals surface area (Å²) in [7, 11) is 0. The van der Waals surface area contributed by atoms with Gasteiger partial charge in [0.15, 0.2) is 0 Å². The second-order valence-corrected chi connectivity index (χ2v) is 5.40. The molecule has 112 valence electrons. The predicted molar refractivity (Wildman–Crippen MR) is 88.5 cm³/mol. The van der Waals surface area contributed by atoms with Crippen molar-refractivity contribution in [3.8, 4) is 5.75 Å². The van der Waals surface area contributed by atoms with Gasteiger partial charge in [0.25, 0.3) is 0 Å². The lowest BCUT2D eigenvalue weighted by atomic mass is 10.1. The molecule has 21 heavy (non-hydrogen) atoms. The highest BCUT2D eigenvalue weighted by Gasteiger charge is 2.06. The molecule has 0 unspecified atom stereocenters. The summed E-state index contributed by atoms with van der Waals surface area (Å²) in [5.74, 6) is 0.837. The molecule has 1 heterocycles. The Bertz CT molecular complexity index is 604. The van der Waals surface area contributed by atoms with Crippen LogP contribution in [0, 0.1) is 0 Å². The van der Waals surface area contributed by atoms with Crippen molar-refractivity contribution in [1.29, 1.82) is 0 Å². The molecule has 0 aliphatic rings. The number of rotatable bonds is 7. The van der Waals surface area contributed by atoms with E-state index in [2.05, 4.69) is 25.0 Å². The van der Waals surface area contributed by atoms with Crippen LogP contribution in [0.25, 0.3) is 0 Å². The summed E-state index contributed by atoms with van der Waals surface area (Å²) >= 11 is 4.90. The molecule has 0 atom stereocenters. The molecule has 1 aromatic carbocycles. The summed E-state index contributed by atoms with van der Waals surface area (Å²) < 4.78 is 7.81. The Morgan fingerprint density at radius 3 is 2.57 bits per heavy atom. The number of thiocarbonyl (C=S) groups is 1. The molecule has 0 radical (unpaired) electrons. The van der Waals surface area contributed by atoms with Gasteiger partial charge in [0, 0.05) is 13.0 Å². The van der Waals surface area contributed by atoms with Crippen LogP contribution in [-0.4, -0.2) is 14.8 Å². The lowest BCUT2D eigenvalue weighted by Crippen LogP contribution is -2.10. The quantitative estimate of drug-likeness (QED) is 0.799. The van der Waals surface area contributed by atoms with Gasteiger partial charge in [-0.3, -0.25) is 4.68 Å². The second kappa shape index (κ2) is 7.22. The number of hydrogen-bond acceptors (Lipinski definition) is 3. The Kier molecular flexibility index (Phi) is 5.33. The van der Waals surface area contributed by atoms with Gasteiger partial charge >= 0.3 is 0 Å². The van der Waals surface area contributed by atoms with E-state index in [9.17, 15) is 0 Å². The minimum absolute atomic E-state index is 0.502. The van der Waals surface area contributed by atoms with Crippen molar-refractivity contribution in [2.24, 2.45) is 5.73 Å². The highest BCUT2D eigenvalue weighted by molar-refractivity contribution is 7.80. The van der Waals surface area contributed by atoms with Crippen LogP contribution >= 0.6 is 12.2 Å². The molecule has 0 saturated heterocycles. The topological polar surface area (TPSA) is 53.1 Å². The first-order valence-electron chi connectivity index (χ1n) is 7.18. The fraction of sp³-hybridized carbons (Fsp3) is 0.375. The monoisotopic (exact) mass is 303 g/mol. The number of aromatic nitrogens is 2. The smallest absolute Gasteiger partial charge is 0.130 e. The van der Waals surface area contributed by atoms with Crippen LogP contribution in [0.4, 0.5) is 0 Å². The molecule has 0 spiro atoms. The van der Waals surface area contributed by atoms with Crippen molar-refractivity contribution in [2.45, 2.75) is 39.8 Å². The average molecular weight is 303 g/mol. The van der Waals surface area contributed by atoms with E-state index in [1.807, 2.05) is 28.9 Å². The summed E-state index contributed by atoms with van der Waals surface area (Å²) in [4.78, 5) is 0.502. The normalized spacial score (nSPS) is 10.6. The van der Waals surface area contributed by atoms with E-state index in [1.54, 1.807) is 0 Å². The Hall–Kier alpha value is -1.88. The summed E-state index contributed by atoms with van der Waals surface area (Å²) in [6, 6.07) is 9.97. The molecule has 1 aromatic heterocycles. The molecule has 2 aromatic rings. The first kappa shape index (κ1) is 15.5. The molecule has 0 bridgehead atoms. The van der Waals surface area contributed by atoms with Gasteiger partial charge in [0.05, 0.1) is 16.4 Å². The van der Waals surface area contributed by atoms with E-state index in [1.165, 1.54) is 0 Å². The van der Waals surface area contributed by atoms with Crippen LogP contribution in [0.15, 0.2) is 30.3 Å². The Morgan fingerprint density at radius 1 is 1.29 bits per heavy atom. The number of hydrogen-bond donors (Lipinski definition) is 1. The minimum Gasteiger partial charge on any atom is -0.487 e. The lowest BCUT2D eigenvalue weighted by Gasteiger charge is -2.08. The number of aryl methyl sites for hydroxylation is 2. The van der Waals surface area contributed by atoms with Crippen molar-refractivity contribution in [1.82, 2.24) is 9.78 Å². The Labute approximate surface area is 130 Å². The van der Waals surface area contributed by atoms with Crippen molar-refractivity contribution >= 4 is 17.2 Å². The second-order valence-electron chi connectivity index (χ2n) is 4.87. The molecule has 0 saturated carbocycles. The maximum Gasteiger partial charge on any atom is 0.130 e. The van der Waals surface area contributed by atoms with Gasteiger partial charge < -0.3 is 10.5 Å². The molecule has 0 aliphatic heterocycles. The van der Waals surface area contributed by atoms with Crippen molar-refractivity contribution < 1.29 is 4.74 Å². The van der Waals surface area contributed by atoms with Crippen LogP contribution in [0.3, 0.4) is 0 Å². The number of benzene rings is 1. The Balaban J connectivity index is 1.99. The van der Waals surface area contributed by atoms with Crippen LogP contribution in [0.5, 0.6) is 5.75 Å². The lowest BCUT2D eigenvalue weighted by molar-refractivity contribution is 0.292. The van der Waals surface area contributed by atoms with E-state index < -0.39 is 0 Å². The van der Waals surface area contributed by atoms with Crippen molar-refractivity contribution in [3.63, 3.8) is 0 Å². The summed E-state index contributed by atoms with van der Waals surface area (Å²) in [6.07, 6.45) is 1.56. The summed E-state index contributed by atoms with van der Waals surface area (Å²) in [5.41, 5.74) is 8.83. The fourth-order valence-corrected chi connectivity index (χ4v) is 2.31.